The molecule has 0 spiro atoms. The highest BCUT2D eigenvalue weighted by Gasteiger charge is 2.39. The Morgan fingerprint density at radius 2 is 1.93 bits per heavy atom. The van der Waals surface area contributed by atoms with Gasteiger partial charge in [-0.05, 0) is 42.7 Å². The first-order valence-corrected chi connectivity index (χ1v) is 14.3. The molecule has 0 radical (unpaired) electrons. The van der Waals surface area contributed by atoms with E-state index in [4.69, 9.17) is 25.8 Å². The number of carboxylic acid groups (broad SMARTS) is 1. The fourth-order valence-corrected chi connectivity index (χ4v) is 5.22. The Labute approximate surface area is 244 Å². The minimum absolute atomic E-state index is 0.0790. The van der Waals surface area contributed by atoms with Crippen LogP contribution in [-0.2, 0) is 10.0 Å². The molecule has 5 rings (SSSR count). The van der Waals surface area contributed by atoms with Crippen LogP contribution >= 0.6 is 23.6 Å². The molecule has 2 aromatic carbocycles. The van der Waals surface area contributed by atoms with Crippen molar-refractivity contribution in [2.75, 3.05) is 37.7 Å². The van der Waals surface area contributed by atoms with Crippen molar-refractivity contribution in [3.8, 4) is 11.4 Å². The summed E-state index contributed by atoms with van der Waals surface area (Å²) in [4.78, 5) is 37.7. The first kappa shape index (κ1) is 28.9. The number of halogens is 1. The van der Waals surface area contributed by atoms with Crippen LogP contribution in [0.25, 0.3) is 5.69 Å². The summed E-state index contributed by atoms with van der Waals surface area (Å²) in [6.07, 6.45) is 3.77. The van der Waals surface area contributed by atoms with Crippen molar-refractivity contribution in [3.05, 3.63) is 80.1 Å². The van der Waals surface area contributed by atoms with Crippen LogP contribution in [0.15, 0.2) is 53.5 Å². The molecule has 0 atom stereocenters. The first-order chi connectivity index (χ1) is 19.6. The summed E-state index contributed by atoms with van der Waals surface area (Å²) in [7, 11) is 0. The average Bonchev–Trinajstić information content (AvgIpc) is 3.69. The van der Waals surface area contributed by atoms with E-state index in [0.29, 0.717) is 60.5 Å². The molecule has 216 valence electrons. The van der Waals surface area contributed by atoms with Gasteiger partial charge in [-0.15, -0.1) is 0 Å². The van der Waals surface area contributed by atoms with Gasteiger partial charge in [0.25, 0.3) is 4.92 Å². The number of rotatable bonds is 11. The number of hydrogen-bond donors (Lipinski definition) is 2. The van der Waals surface area contributed by atoms with Gasteiger partial charge >= 0.3 is 17.2 Å². The van der Waals surface area contributed by atoms with Crippen LogP contribution in [0, 0.1) is 10.3 Å². The topological polar surface area (TPSA) is 137 Å². The van der Waals surface area contributed by atoms with E-state index in [-0.39, 0.29) is 28.0 Å². The maximum absolute atomic E-state index is 13.5. The van der Waals surface area contributed by atoms with Crippen molar-refractivity contribution >= 4 is 41.0 Å². The van der Waals surface area contributed by atoms with Crippen molar-refractivity contribution in [2.24, 2.45) is 5.41 Å². The summed E-state index contributed by atoms with van der Waals surface area (Å²) in [5.74, 6) is -0.731. The van der Waals surface area contributed by atoms with Gasteiger partial charge in [0.05, 0.1) is 23.4 Å². The maximum atomic E-state index is 13.5. The number of hydroxylamine groups is 2. The molecule has 0 amide bonds. The van der Waals surface area contributed by atoms with E-state index in [1.807, 2.05) is 4.90 Å². The highest BCUT2D eigenvalue weighted by Crippen LogP contribution is 2.45. The van der Waals surface area contributed by atoms with Crippen molar-refractivity contribution in [1.82, 2.24) is 14.8 Å². The Bertz CT molecular complexity index is 1520. The van der Waals surface area contributed by atoms with Crippen LogP contribution in [0.3, 0.4) is 0 Å². The summed E-state index contributed by atoms with van der Waals surface area (Å²) in [5, 5.41) is 25.1. The van der Waals surface area contributed by atoms with Gasteiger partial charge in [-0.2, -0.15) is 14.8 Å². The lowest BCUT2D eigenvalue weighted by Crippen LogP contribution is -2.46. The smallest absolute Gasteiger partial charge is 0.342 e. The number of benzene rings is 2. The number of aromatic nitrogens is 2. The van der Waals surface area contributed by atoms with Crippen LogP contribution in [0.2, 0.25) is 5.02 Å². The molecule has 2 fully saturated rings. The third-order valence-corrected chi connectivity index (χ3v) is 8.10. The zero-order valence-electron chi connectivity index (χ0n) is 22.2. The third kappa shape index (κ3) is 6.81. The normalized spacial score (nSPS) is 16.4. The lowest BCUT2D eigenvalue weighted by atomic mass is 10.1. The van der Waals surface area contributed by atoms with Crippen LogP contribution in [0.1, 0.15) is 35.7 Å². The monoisotopic (exact) mass is 602 g/mol. The summed E-state index contributed by atoms with van der Waals surface area (Å²) in [6, 6.07) is 11.1. The number of aromatic carboxylic acids is 1. The second-order valence-electron chi connectivity index (χ2n) is 10.3. The quantitative estimate of drug-likeness (QED) is 0.237. The summed E-state index contributed by atoms with van der Waals surface area (Å²) in [5.41, 5.74) is 0.892. The zero-order valence-corrected chi connectivity index (χ0v) is 23.8. The number of anilines is 1. The van der Waals surface area contributed by atoms with Crippen LogP contribution in [-0.4, -0.2) is 68.8 Å². The van der Waals surface area contributed by atoms with E-state index < -0.39 is 10.9 Å². The fraction of sp³-hybridized carbons (Fsp3) is 0.370. The fourth-order valence-electron chi connectivity index (χ4n) is 4.37. The predicted molar refractivity (Wildman–Crippen MR) is 152 cm³/mol. The van der Waals surface area contributed by atoms with Crippen LogP contribution < -0.4 is 15.2 Å². The van der Waals surface area contributed by atoms with Gasteiger partial charge in [0.2, 0.25) is 5.75 Å². The minimum atomic E-state index is -1.32. The van der Waals surface area contributed by atoms with E-state index >= 15 is 0 Å². The molecular weight excluding hydrogens is 574 g/mol. The molecule has 2 aliphatic rings. The highest BCUT2D eigenvalue weighted by atomic mass is 35.5. The SMILES string of the molecule is CC1(COc2c(N3CCN(OSCc4ccc([N+](=O)O)c(C(=O)O)c4)CC3)cnn(-c3cccc(Cl)c3)c2=O)CC1. The molecule has 3 aromatic rings. The number of hydrogen-bond acceptors (Lipinski definition) is 9. The Balaban J connectivity index is 1.23. The number of piperazine rings is 1. The molecule has 1 saturated heterocycles. The lowest BCUT2D eigenvalue weighted by molar-refractivity contribution is -0.729. The molecule has 0 bridgehead atoms. The average molecular weight is 603 g/mol. The lowest BCUT2D eigenvalue weighted by Gasteiger charge is -2.35. The molecule has 41 heavy (non-hydrogen) atoms. The van der Waals surface area contributed by atoms with Gasteiger partial charge in [-0.1, -0.05) is 30.7 Å². The zero-order chi connectivity index (χ0) is 29.1. The molecule has 1 saturated carbocycles. The standard InChI is InChI=1S/C27H28ClN5O7S/c1-27(7-8-27)17-39-24-23(15-29-32(25(24)34)20-4-2-3-19(28)14-20)30-9-11-31(12-10-30)40-41-16-18-5-6-22(33(37)38)21(13-18)26(35)36/h2-6,13-15H,7-12,16-17H2,1H3,(H-,35,36,37,38)/p+1. The van der Waals surface area contributed by atoms with Gasteiger partial charge in [0.1, 0.15) is 11.3 Å². The Kier molecular flexibility index (Phi) is 8.50. The van der Waals surface area contributed by atoms with Crippen LogP contribution in [0.4, 0.5) is 11.4 Å². The molecule has 1 aromatic heterocycles. The van der Waals surface area contributed by atoms with Gasteiger partial charge in [0.15, 0.2) is 0 Å². The van der Waals surface area contributed by atoms with Crippen molar-refractivity contribution in [2.45, 2.75) is 25.5 Å². The largest absolute Gasteiger partial charge is 0.486 e. The molecular formula is C27H29ClN5O7S+. The van der Waals surface area contributed by atoms with Gasteiger partial charge in [-0.25, -0.2) is 14.3 Å². The summed E-state index contributed by atoms with van der Waals surface area (Å²) >= 11 is 7.27. The summed E-state index contributed by atoms with van der Waals surface area (Å²) in [6.45, 7) is 4.78. The highest BCUT2D eigenvalue weighted by molar-refractivity contribution is 7.93. The molecule has 12 nitrogen and oxygen atoms in total. The van der Waals surface area contributed by atoms with Gasteiger partial charge in [-0.3, -0.25) is 4.79 Å². The maximum Gasteiger partial charge on any atom is 0.342 e. The van der Waals surface area contributed by atoms with Crippen molar-refractivity contribution in [3.63, 3.8) is 0 Å². The van der Waals surface area contributed by atoms with E-state index in [2.05, 4.69) is 12.0 Å². The molecule has 1 aliphatic carbocycles. The molecule has 1 aliphatic heterocycles. The van der Waals surface area contributed by atoms with E-state index in [9.17, 15) is 19.6 Å². The molecule has 2 N–H and O–H groups in total. The summed E-state index contributed by atoms with van der Waals surface area (Å²) < 4.78 is 13.3. The Morgan fingerprint density at radius 3 is 2.59 bits per heavy atom. The van der Waals surface area contributed by atoms with Crippen molar-refractivity contribution in [1.29, 1.82) is 0 Å². The van der Waals surface area contributed by atoms with Gasteiger partial charge in [0, 0.05) is 60.5 Å². The van der Waals surface area contributed by atoms with Gasteiger partial charge < -0.3 is 14.7 Å². The number of ether oxygens (including phenoxy) is 1. The molecule has 2 heterocycles. The number of nitrogens with zero attached hydrogens (tertiary/aromatic N) is 5. The second kappa shape index (κ2) is 12.1. The Hall–Kier alpha value is -3.65. The second-order valence-corrected chi connectivity index (χ2v) is 11.4. The van der Waals surface area contributed by atoms with Crippen molar-refractivity contribution < 1.29 is 29.1 Å². The minimum Gasteiger partial charge on any atom is -0.486 e. The first-order valence-electron chi connectivity index (χ1n) is 13.0. The third-order valence-electron chi connectivity index (χ3n) is 7.10. The number of carbonyl (C=O) groups is 1. The van der Waals surface area contributed by atoms with E-state index in [0.717, 1.165) is 24.9 Å². The number of carboxylic acids is 1. The predicted octanol–water partition coefficient (Wildman–Crippen LogP) is 4.46. The molecule has 0 unspecified atom stereocenters. The van der Waals surface area contributed by atoms with E-state index in [1.165, 1.54) is 16.8 Å². The molecule has 14 heteroatoms. The Morgan fingerprint density at radius 1 is 1.17 bits per heavy atom. The van der Waals surface area contributed by atoms with Crippen LogP contribution in [0.5, 0.6) is 5.75 Å². The van der Waals surface area contributed by atoms with E-state index in [1.54, 1.807) is 41.6 Å².